The Labute approximate surface area is 222 Å². The summed E-state index contributed by atoms with van der Waals surface area (Å²) in [6.45, 7) is 4.65. The molecule has 0 amide bonds. The van der Waals surface area contributed by atoms with Crippen LogP contribution in [0.4, 0.5) is 0 Å². The van der Waals surface area contributed by atoms with Crippen LogP contribution in [0.15, 0.2) is 65.0 Å². The normalized spacial score (nSPS) is 15.9. The summed E-state index contributed by atoms with van der Waals surface area (Å²) in [5.74, 6) is 0. The van der Waals surface area contributed by atoms with Crippen molar-refractivity contribution in [3.63, 3.8) is 0 Å². The molecule has 3 heterocycles. The minimum absolute atomic E-state index is 0.214. The molecule has 0 atom stereocenters. The van der Waals surface area contributed by atoms with Crippen LogP contribution < -0.4 is 0 Å². The van der Waals surface area contributed by atoms with E-state index in [2.05, 4.69) is 78.8 Å². The third kappa shape index (κ3) is 5.05. The molecule has 0 unspecified atom stereocenters. The molecular weight excluding hydrogens is 477 g/mol. The van der Waals surface area contributed by atoms with Gasteiger partial charge in [-0.15, -0.1) is 22.7 Å². The first-order valence-electron chi connectivity index (χ1n) is 13.6. The fourth-order valence-electron chi connectivity index (χ4n) is 5.95. The zero-order valence-corrected chi connectivity index (χ0v) is 23.9. The van der Waals surface area contributed by atoms with Gasteiger partial charge in [0, 0.05) is 15.2 Å². The Morgan fingerprint density at radius 2 is 1.46 bits per heavy atom. The molecule has 181 valence electrons. The Morgan fingerprint density at radius 1 is 0.771 bits per heavy atom. The first-order chi connectivity index (χ1) is 17.3. The van der Waals surface area contributed by atoms with Gasteiger partial charge in [-0.25, -0.2) is 0 Å². The second-order valence-electron chi connectivity index (χ2n) is 10.1. The van der Waals surface area contributed by atoms with E-state index in [-0.39, 0.29) is 5.41 Å². The highest BCUT2D eigenvalue weighted by Gasteiger charge is 2.45. The Balaban J connectivity index is 1.61. The van der Waals surface area contributed by atoms with Crippen molar-refractivity contribution in [3.8, 4) is 10.4 Å². The minimum Gasteiger partial charge on any atom is -0.144 e. The number of fused-ring (bicyclic) bond motifs is 3. The third-order valence-electron chi connectivity index (χ3n) is 7.77. The van der Waals surface area contributed by atoms with Gasteiger partial charge in [-0.05, 0) is 80.9 Å². The molecule has 1 aliphatic heterocycles. The first kappa shape index (κ1) is 24.9. The summed E-state index contributed by atoms with van der Waals surface area (Å²) in [5.41, 5.74) is 10.3. The maximum Gasteiger partial charge on any atom is 0.0568 e. The van der Waals surface area contributed by atoms with Gasteiger partial charge in [0.15, 0.2) is 0 Å². The van der Waals surface area contributed by atoms with Crippen LogP contribution in [0.1, 0.15) is 94.1 Å². The van der Waals surface area contributed by atoms with E-state index in [1.807, 2.05) is 22.7 Å². The van der Waals surface area contributed by atoms with Crippen molar-refractivity contribution < 1.29 is 0 Å². The molecular formula is C32H37S2Si. The quantitative estimate of drug-likeness (QED) is 0.167. The standard InChI is InChI=1S/C32H37S2Si/c1-3-5-7-9-17-32(18-10-8-6-4-2)28-22-24(29-13-11-19-33-29)15-16-26(28)27-21-25(23-35-31(27)32)30-14-12-20-34-30/h11-16,19-23H,3-10,17-18H2,1-2H3. The molecule has 0 saturated heterocycles. The molecule has 3 aromatic rings. The van der Waals surface area contributed by atoms with Crippen LogP contribution in [-0.2, 0) is 5.41 Å². The molecule has 0 fully saturated rings. The highest BCUT2D eigenvalue weighted by atomic mass is 32.1. The van der Waals surface area contributed by atoms with Crippen LogP contribution >= 0.6 is 22.7 Å². The Kier molecular flexibility index (Phi) is 8.17. The lowest BCUT2D eigenvalue weighted by Crippen LogP contribution is -2.34. The van der Waals surface area contributed by atoms with Gasteiger partial charge in [-0.1, -0.05) is 95.2 Å². The smallest absolute Gasteiger partial charge is 0.0568 e. The molecule has 0 spiro atoms. The number of rotatable bonds is 12. The van der Waals surface area contributed by atoms with E-state index in [9.17, 15) is 0 Å². The van der Waals surface area contributed by atoms with Crippen molar-refractivity contribution >= 4 is 48.1 Å². The predicted octanol–water partition coefficient (Wildman–Crippen LogP) is 9.98. The van der Waals surface area contributed by atoms with Gasteiger partial charge >= 0.3 is 0 Å². The van der Waals surface area contributed by atoms with Gasteiger partial charge in [0.1, 0.15) is 0 Å². The zero-order chi connectivity index (χ0) is 24.1. The monoisotopic (exact) mass is 513 g/mol. The summed E-state index contributed by atoms with van der Waals surface area (Å²) in [5, 5.41) is 6.16. The summed E-state index contributed by atoms with van der Waals surface area (Å²) in [6, 6.07) is 16.3. The molecule has 0 N–H and O–H groups in total. The van der Waals surface area contributed by atoms with Crippen molar-refractivity contribution in [1.82, 2.24) is 0 Å². The van der Waals surface area contributed by atoms with Crippen LogP contribution in [0.25, 0.3) is 21.6 Å². The lowest BCUT2D eigenvalue weighted by atomic mass is 9.72. The summed E-state index contributed by atoms with van der Waals surface area (Å²) in [7, 11) is 0.791. The van der Waals surface area contributed by atoms with Crippen molar-refractivity contribution in [2.45, 2.75) is 83.5 Å². The van der Waals surface area contributed by atoms with E-state index >= 15 is 0 Å². The van der Waals surface area contributed by atoms with Gasteiger partial charge < -0.3 is 0 Å². The number of thiophene rings is 2. The summed E-state index contributed by atoms with van der Waals surface area (Å²) in [6.07, 6.45) is 15.9. The van der Waals surface area contributed by atoms with Gasteiger partial charge in [0.05, 0.1) is 9.13 Å². The highest BCUT2D eigenvalue weighted by Crippen LogP contribution is 2.51. The number of allylic oxidation sites excluding steroid dienone is 3. The van der Waals surface area contributed by atoms with E-state index in [1.54, 1.807) is 16.3 Å². The fourth-order valence-corrected chi connectivity index (χ4v) is 9.05. The molecule has 0 saturated carbocycles. The fraction of sp³-hybridized carbons (Fsp3) is 0.406. The van der Waals surface area contributed by atoms with Crippen molar-refractivity contribution in [3.05, 3.63) is 81.0 Å². The predicted molar refractivity (Wildman–Crippen MR) is 160 cm³/mol. The maximum absolute atomic E-state index is 2.59. The molecule has 2 aromatic heterocycles. The molecule has 1 aliphatic carbocycles. The Bertz CT molecular complexity index is 1200. The van der Waals surface area contributed by atoms with Gasteiger partial charge in [-0.2, -0.15) is 0 Å². The molecule has 1 radical (unpaired) electrons. The topological polar surface area (TPSA) is 0 Å². The van der Waals surface area contributed by atoms with E-state index in [4.69, 9.17) is 0 Å². The van der Waals surface area contributed by atoms with Crippen LogP contribution in [-0.4, -0.2) is 14.3 Å². The van der Waals surface area contributed by atoms with Crippen molar-refractivity contribution in [2.24, 2.45) is 0 Å². The highest BCUT2D eigenvalue weighted by molar-refractivity contribution is 7.13. The van der Waals surface area contributed by atoms with Crippen LogP contribution in [0.3, 0.4) is 0 Å². The molecule has 2 aliphatic rings. The Morgan fingerprint density at radius 3 is 2.09 bits per heavy atom. The van der Waals surface area contributed by atoms with Gasteiger partial charge in [0.25, 0.3) is 0 Å². The largest absolute Gasteiger partial charge is 0.144 e. The maximum atomic E-state index is 2.59. The van der Waals surface area contributed by atoms with E-state index in [0.717, 1.165) is 9.13 Å². The van der Waals surface area contributed by atoms with Crippen LogP contribution in [0, 0.1) is 0 Å². The average molecular weight is 514 g/mol. The van der Waals surface area contributed by atoms with Gasteiger partial charge in [0.2, 0.25) is 0 Å². The second-order valence-corrected chi connectivity index (χ2v) is 13.1. The molecule has 0 bridgehead atoms. The number of hydrogen-bond donors (Lipinski definition) is 0. The van der Waals surface area contributed by atoms with Gasteiger partial charge in [-0.3, -0.25) is 0 Å². The molecule has 5 rings (SSSR count). The lowest BCUT2D eigenvalue weighted by molar-refractivity contribution is 0.440. The summed E-state index contributed by atoms with van der Waals surface area (Å²) >= 11 is 3.73. The van der Waals surface area contributed by atoms with E-state index < -0.39 is 0 Å². The number of benzene rings is 1. The summed E-state index contributed by atoms with van der Waals surface area (Å²) < 4.78 is 0. The SMILES string of the molecule is CCCCCCC1(CCCCCC)C2=[Si]C=C(c3cccs3)C=C2c2ccc(-c3cccs3)cc21. The van der Waals surface area contributed by atoms with Crippen LogP contribution in [0.5, 0.6) is 0 Å². The van der Waals surface area contributed by atoms with Crippen molar-refractivity contribution in [1.29, 1.82) is 0 Å². The zero-order valence-electron chi connectivity index (χ0n) is 21.2. The number of hydrogen-bond acceptors (Lipinski definition) is 2. The molecule has 1 aromatic carbocycles. The van der Waals surface area contributed by atoms with Crippen LogP contribution in [0.2, 0.25) is 0 Å². The summed E-state index contributed by atoms with van der Waals surface area (Å²) in [4.78, 5) is 2.80. The minimum atomic E-state index is 0.214. The molecule has 3 heteroatoms. The van der Waals surface area contributed by atoms with E-state index in [0.29, 0.717) is 0 Å². The number of unbranched alkanes of at least 4 members (excludes halogenated alkanes) is 6. The van der Waals surface area contributed by atoms with Crippen molar-refractivity contribution in [2.75, 3.05) is 0 Å². The second kappa shape index (κ2) is 11.5. The lowest BCUT2D eigenvalue weighted by Gasteiger charge is -2.34. The first-order valence-corrected chi connectivity index (χ1v) is 16.4. The molecule has 35 heavy (non-hydrogen) atoms. The van der Waals surface area contributed by atoms with E-state index in [1.165, 1.54) is 90.7 Å². The third-order valence-corrected chi connectivity index (χ3v) is 11.1. The average Bonchev–Trinajstić information content (AvgIpc) is 3.66. The Hall–Kier alpha value is -1.81. The molecule has 0 nitrogen and oxygen atoms in total.